The molecular weight excluding hydrogens is 442 g/mol. The zero-order chi connectivity index (χ0) is 21.0. The summed E-state index contributed by atoms with van der Waals surface area (Å²) in [4.78, 5) is 27.3. The van der Waals surface area contributed by atoms with Gasteiger partial charge in [0.15, 0.2) is 0 Å². The lowest BCUT2D eigenvalue weighted by molar-refractivity contribution is 0.00465. The number of furan rings is 1. The van der Waals surface area contributed by atoms with Crippen LogP contribution in [0.2, 0.25) is 0 Å². The summed E-state index contributed by atoms with van der Waals surface area (Å²) < 4.78 is 23.0. The molecule has 1 aromatic heterocycles. The molecule has 1 saturated heterocycles. The normalized spacial score (nSPS) is 19.2. The number of hydrogen-bond acceptors (Lipinski definition) is 6. The van der Waals surface area contributed by atoms with Crippen molar-refractivity contribution in [1.82, 2.24) is 0 Å². The predicted octanol–water partition coefficient (Wildman–Crippen LogP) is 5.29. The molecular formula is C21H26BrNO6. The number of ether oxygens (including phenoxy) is 3. The number of amides is 1. The monoisotopic (exact) mass is 467 g/mol. The van der Waals surface area contributed by atoms with E-state index in [0.717, 1.165) is 10.9 Å². The van der Waals surface area contributed by atoms with Gasteiger partial charge in [0.25, 0.3) is 0 Å². The van der Waals surface area contributed by atoms with Gasteiger partial charge in [-0.1, -0.05) is 22.9 Å². The first kappa shape index (κ1) is 21.6. The van der Waals surface area contributed by atoms with Crippen molar-refractivity contribution in [3.8, 4) is 0 Å². The molecule has 2 atom stereocenters. The quantitative estimate of drug-likeness (QED) is 0.536. The van der Waals surface area contributed by atoms with Crippen LogP contribution >= 0.6 is 15.9 Å². The van der Waals surface area contributed by atoms with Crippen LogP contribution in [-0.4, -0.2) is 44.0 Å². The summed E-state index contributed by atoms with van der Waals surface area (Å²) in [5.41, 5.74) is 0.889. The molecule has 3 rings (SSSR count). The number of anilines is 1. The fourth-order valence-corrected chi connectivity index (χ4v) is 3.99. The lowest BCUT2D eigenvalue weighted by atomic mass is 9.99. The number of rotatable bonds is 6. The lowest BCUT2D eigenvalue weighted by Crippen LogP contribution is -2.46. The zero-order valence-corrected chi connectivity index (χ0v) is 18.5. The largest absolute Gasteiger partial charge is 0.460 e. The molecule has 0 N–H and O–H groups in total. The highest BCUT2D eigenvalue weighted by molar-refractivity contribution is 9.10. The van der Waals surface area contributed by atoms with Crippen molar-refractivity contribution in [2.45, 2.75) is 52.2 Å². The second-order valence-electron chi connectivity index (χ2n) is 6.79. The highest BCUT2D eigenvalue weighted by Crippen LogP contribution is 2.39. The maximum absolute atomic E-state index is 13.1. The van der Waals surface area contributed by atoms with Crippen LogP contribution in [0.3, 0.4) is 0 Å². The maximum atomic E-state index is 13.1. The van der Waals surface area contributed by atoms with Crippen molar-refractivity contribution >= 4 is 44.6 Å². The number of esters is 1. The highest BCUT2D eigenvalue weighted by Gasteiger charge is 2.37. The van der Waals surface area contributed by atoms with E-state index in [1.165, 1.54) is 0 Å². The molecule has 0 bridgehead atoms. The average molecular weight is 468 g/mol. The minimum absolute atomic E-state index is 0.00698. The van der Waals surface area contributed by atoms with E-state index in [1.54, 1.807) is 24.8 Å². The molecule has 1 aliphatic heterocycles. The predicted molar refractivity (Wildman–Crippen MR) is 112 cm³/mol. The van der Waals surface area contributed by atoms with Crippen LogP contribution in [0.15, 0.2) is 27.1 Å². The van der Waals surface area contributed by atoms with E-state index in [-0.39, 0.29) is 31.1 Å². The Bertz CT molecular complexity index is 879. The van der Waals surface area contributed by atoms with Crippen molar-refractivity contribution in [1.29, 1.82) is 0 Å². The molecule has 1 amide bonds. The number of nitrogens with zero attached hydrogens (tertiary/aromatic N) is 1. The Kier molecular flexibility index (Phi) is 7.18. The molecule has 2 unspecified atom stereocenters. The van der Waals surface area contributed by atoms with E-state index in [1.807, 2.05) is 12.1 Å². The Hall–Kier alpha value is -2.06. The number of hydrogen-bond donors (Lipinski definition) is 0. The number of benzene rings is 1. The molecule has 0 aliphatic carbocycles. The Morgan fingerprint density at radius 3 is 2.66 bits per heavy atom. The maximum Gasteiger partial charge on any atom is 0.414 e. The van der Waals surface area contributed by atoms with Gasteiger partial charge in [-0.25, -0.2) is 9.59 Å². The first-order valence-corrected chi connectivity index (χ1v) is 10.8. The molecule has 0 saturated carbocycles. The van der Waals surface area contributed by atoms with Gasteiger partial charge in [0, 0.05) is 22.5 Å². The fourth-order valence-electron chi connectivity index (χ4n) is 3.63. The molecule has 29 heavy (non-hydrogen) atoms. The van der Waals surface area contributed by atoms with Crippen LogP contribution in [0.1, 0.15) is 50.6 Å². The number of carbonyl (C=O) groups excluding carboxylic acids is 2. The molecule has 2 aromatic rings. The van der Waals surface area contributed by atoms with E-state index >= 15 is 0 Å². The minimum atomic E-state index is -0.608. The molecule has 2 heterocycles. The second-order valence-corrected chi connectivity index (χ2v) is 7.70. The molecule has 7 nitrogen and oxygen atoms in total. The van der Waals surface area contributed by atoms with Crippen molar-refractivity contribution in [3.63, 3.8) is 0 Å². The van der Waals surface area contributed by atoms with E-state index in [2.05, 4.69) is 22.9 Å². The van der Waals surface area contributed by atoms with E-state index in [4.69, 9.17) is 18.6 Å². The van der Waals surface area contributed by atoms with Crippen LogP contribution < -0.4 is 4.90 Å². The van der Waals surface area contributed by atoms with Gasteiger partial charge in [0.2, 0.25) is 5.76 Å². The Morgan fingerprint density at radius 2 is 1.97 bits per heavy atom. The summed E-state index contributed by atoms with van der Waals surface area (Å²) >= 11 is 3.46. The molecule has 1 fully saturated rings. The molecule has 0 spiro atoms. The van der Waals surface area contributed by atoms with Crippen molar-refractivity contribution in [3.05, 3.63) is 28.4 Å². The van der Waals surface area contributed by atoms with Gasteiger partial charge in [-0.3, -0.25) is 4.90 Å². The fraction of sp³-hybridized carbons (Fsp3) is 0.524. The van der Waals surface area contributed by atoms with Crippen LogP contribution in [0.4, 0.5) is 10.5 Å². The van der Waals surface area contributed by atoms with Gasteiger partial charge in [0.1, 0.15) is 11.3 Å². The standard InChI is InChI=1S/C21H26BrNO6/c1-4-15-12-14(9-10-28-15)23(21(25)27-6-3)18-16-11-13(22)7-8-17(16)29-19(18)20(24)26-5-2/h7-8,11,14-15H,4-6,9-10,12H2,1-3H3. The minimum Gasteiger partial charge on any atom is -0.460 e. The van der Waals surface area contributed by atoms with Crippen molar-refractivity contribution < 1.29 is 28.2 Å². The Morgan fingerprint density at radius 1 is 1.21 bits per heavy atom. The topological polar surface area (TPSA) is 78.2 Å². The van der Waals surface area contributed by atoms with Gasteiger partial charge in [-0.15, -0.1) is 0 Å². The van der Waals surface area contributed by atoms with Crippen LogP contribution in [0, 0.1) is 0 Å². The van der Waals surface area contributed by atoms with E-state index < -0.39 is 12.1 Å². The second kappa shape index (κ2) is 9.63. The summed E-state index contributed by atoms with van der Waals surface area (Å²) in [6.45, 7) is 6.50. The molecule has 0 radical (unpaired) electrons. The van der Waals surface area contributed by atoms with E-state index in [0.29, 0.717) is 36.1 Å². The number of fused-ring (bicyclic) bond motifs is 1. The third-order valence-corrected chi connectivity index (χ3v) is 5.44. The van der Waals surface area contributed by atoms with Crippen molar-refractivity contribution in [2.75, 3.05) is 24.7 Å². The van der Waals surface area contributed by atoms with Crippen molar-refractivity contribution in [2.24, 2.45) is 0 Å². The average Bonchev–Trinajstić information content (AvgIpc) is 3.07. The van der Waals surface area contributed by atoms with Gasteiger partial charge in [-0.05, 0) is 51.3 Å². The Balaban J connectivity index is 2.17. The number of carbonyl (C=O) groups is 2. The third-order valence-electron chi connectivity index (χ3n) is 4.95. The number of halogens is 1. The summed E-state index contributed by atoms with van der Waals surface area (Å²) in [5, 5.41) is 0.648. The van der Waals surface area contributed by atoms with Gasteiger partial charge in [-0.2, -0.15) is 0 Å². The molecule has 1 aliphatic rings. The third kappa shape index (κ3) is 4.59. The first-order chi connectivity index (χ1) is 14.0. The van der Waals surface area contributed by atoms with Gasteiger partial charge >= 0.3 is 12.1 Å². The Labute approximate surface area is 178 Å². The van der Waals surface area contributed by atoms with Gasteiger partial charge < -0.3 is 18.6 Å². The van der Waals surface area contributed by atoms with E-state index in [9.17, 15) is 9.59 Å². The van der Waals surface area contributed by atoms with Crippen LogP contribution in [-0.2, 0) is 14.2 Å². The molecule has 1 aromatic carbocycles. The SMILES string of the molecule is CCOC(=O)c1oc2ccc(Br)cc2c1N(C(=O)OCC)C1CCOC(CC)C1. The van der Waals surface area contributed by atoms with Gasteiger partial charge in [0.05, 0.1) is 19.3 Å². The highest BCUT2D eigenvalue weighted by atomic mass is 79.9. The molecule has 158 valence electrons. The summed E-state index contributed by atoms with van der Waals surface area (Å²) in [5.74, 6) is -0.601. The summed E-state index contributed by atoms with van der Waals surface area (Å²) in [6, 6.07) is 5.23. The summed E-state index contributed by atoms with van der Waals surface area (Å²) in [7, 11) is 0. The smallest absolute Gasteiger partial charge is 0.414 e. The van der Waals surface area contributed by atoms with Crippen LogP contribution in [0.25, 0.3) is 11.0 Å². The molecule has 8 heteroatoms. The first-order valence-electron chi connectivity index (χ1n) is 9.96. The van der Waals surface area contributed by atoms with Crippen LogP contribution in [0.5, 0.6) is 0 Å². The summed E-state index contributed by atoms with van der Waals surface area (Å²) in [6.07, 6.45) is 1.66. The zero-order valence-electron chi connectivity index (χ0n) is 16.9. The lowest BCUT2D eigenvalue weighted by Gasteiger charge is -2.36.